The van der Waals surface area contributed by atoms with Crippen LogP contribution in [0, 0.1) is 0 Å². The third kappa shape index (κ3) is 2.97. The quantitative estimate of drug-likeness (QED) is 0.834. The van der Waals surface area contributed by atoms with E-state index in [1.165, 1.54) is 5.69 Å². The summed E-state index contributed by atoms with van der Waals surface area (Å²) >= 11 is 0. The van der Waals surface area contributed by atoms with E-state index in [2.05, 4.69) is 28.7 Å². The van der Waals surface area contributed by atoms with Gasteiger partial charge in [0.15, 0.2) is 0 Å². The molecular weight excluding hydrogens is 214 g/mol. The first kappa shape index (κ1) is 11.9. The molecule has 0 aromatic carbocycles. The van der Waals surface area contributed by atoms with E-state index < -0.39 is 0 Å². The number of nitrogens with zero attached hydrogens (tertiary/aromatic N) is 2. The molecule has 2 rings (SSSR count). The standard InChI is InChI=1S/C13H19N3O/c1-3-6-16-10-14-8-12(16)9-15-11(2)13-5-4-7-17-13/h4-5,7-8,10-11,15H,3,6,9H2,1-2H3. The van der Waals surface area contributed by atoms with Gasteiger partial charge in [0, 0.05) is 19.3 Å². The van der Waals surface area contributed by atoms with Crippen LogP contribution in [0.3, 0.4) is 0 Å². The second kappa shape index (κ2) is 5.68. The van der Waals surface area contributed by atoms with Gasteiger partial charge in [0.25, 0.3) is 0 Å². The number of imidazole rings is 1. The highest BCUT2D eigenvalue weighted by atomic mass is 16.3. The molecule has 0 fully saturated rings. The van der Waals surface area contributed by atoms with Crippen molar-refractivity contribution in [2.45, 2.75) is 39.4 Å². The fourth-order valence-corrected chi connectivity index (χ4v) is 1.83. The molecule has 4 nitrogen and oxygen atoms in total. The monoisotopic (exact) mass is 233 g/mol. The molecule has 0 aliphatic heterocycles. The number of hydrogen-bond acceptors (Lipinski definition) is 3. The Hall–Kier alpha value is -1.55. The maximum atomic E-state index is 5.36. The average Bonchev–Trinajstić information content (AvgIpc) is 2.97. The summed E-state index contributed by atoms with van der Waals surface area (Å²) in [5.74, 6) is 0.964. The summed E-state index contributed by atoms with van der Waals surface area (Å²) in [7, 11) is 0. The molecule has 92 valence electrons. The van der Waals surface area contributed by atoms with Gasteiger partial charge in [-0.05, 0) is 25.5 Å². The Morgan fingerprint density at radius 1 is 1.53 bits per heavy atom. The lowest BCUT2D eigenvalue weighted by Crippen LogP contribution is -2.19. The van der Waals surface area contributed by atoms with E-state index in [4.69, 9.17) is 4.42 Å². The van der Waals surface area contributed by atoms with E-state index >= 15 is 0 Å². The number of nitrogens with one attached hydrogen (secondary N) is 1. The van der Waals surface area contributed by atoms with Crippen molar-refractivity contribution in [1.29, 1.82) is 0 Å². The molecule has 0 aliphatic carbocycles. The van der Waals surface area contributed by atoms with Crippen molar-refractivity contribution in [3.05, 3.63) is 42.4 Å². The van der Waals surface area contributed by atoms with Crippen molar-refractivity contribution < 1.29 is 4.42 Å². The van der Waals surface area contributed by atoms with Crippen LogP contribution in [-0.2, 0) is 13.1 Å². The van der Waals surface area contributed by atoms with Crippen molar-refractivity contribution >= 4 is 0 Å². The van der Waals surface area contributed by atoms with Crippen LogP contribution in [0.2, 0.25) is 0 Å². The van der Waals surface area contributed by atoms with Crippen LogP contribution in [-0.4, -0.2) is 9.55 Å². The SMILES string of the molecule is CCCn1cncc1CNC(C)c1ccco1. The van der Waals surface area contributed by atoms with E-state index in [1.54, 1.807) is 6.26 Å². The Labute approximate surface area is 102 Å². The van der Waals surface area contributed by atoms with E-state index in [0.717, 1.165) is 25.3 Å². The molecule has 0 saturated carbocycles. The van der Waals surface area contributed by atoms with E-state index in [1.807, 2.05) is 24.7 Å². The largest absolute Gasteiger partial charge is 0.468 e. The zero-order valence-corrected chi connectivity index (χ0v) is 10.4. The highest BCUT2D eigenvalue weighted by Gasteiger charge is 2.08. The van der Waals surface area contributed by atoms with Gasteiger partial charge in [0.2, 0.25) is 0 Å². The summed E-state index contributed by atoms with van der Waals surface area (Å²) in [6.45, 7) is 6.09. The first-order chi connectivity index (χ1) is 8.31. The molecule has 1 N–H and O–H groups in total. The van der Waals surface area contributed by atoms with Crippen LogP contribution < -0.4 is 5.32 Å². The second-order valence-corrected chi connectivity index (χ2v) is 4.20. The number of aryl methyl sites for hydroxylation is 1. The summed E-state index contributed by atoms with van der Waals surface area (Å²) in [6, 6.07) is 4.12. The third-order valence-electron chi connectivity index (χ3n) is 2.82. The van der Waals surface area contributed by atoms with Crippen LogP contribution in [0.25, 0.3) is 0 Å². The van der Waals surface area contributed by atoms with Crippen LogP contribution >= 0.6 is 0 Å². The van der Waals surface area contributed by atoms with E-state index in [9.17, 15) is 0 Å². The minimum Gasteiger partial charge on any atom is -0.468 e. The van der Waals surface area contributed by atoms with Gasteiger partial charge >= 0.3 is 0 Å². The number of aromatic nitrogens is 2. The number of hydrogen-bond donors (Lipinski definition) is 1. The van der Waals surface area contributed by atoms with Crippen molar-refractivity contribution in [2.24, 2.45) is 0 Å². The number of furan rings is 1. The zero-order chi connectivity index (χ0) is 12.1. The fourth-order valence-electron chi connectivity index (χ4n) is 1.83. The zero-order valence-electron chi connectivity index (χ0n) is 10.4. The normalized spacial score (nSPS) is 12.8. The van der Waals surface area contributed by atoms with Gasteiger partial charge in [-0.1, -0.05) is 6.92 Å². The van der Waals surface area contributed by atoms with Crippen molar-refractivity contribution in [1.82, 2.24) is 14.9 Å². The van der Waals surface area contributed by atoms with Crippen LogP contribution in [0.5, 0.6) is 0 Å². The first-order valence-corrected chi connectivity index (χ1v) is 6.07. The summed E-state index contributed by atoms with van der Waals surface area (Å²) < 4.78 is 7.54. The highest BCUT2D eigenvalue weighted by Crippen LogP contribution is 2.13. The van der Waals surface area contributed by atoms with Gasteiger partial charge in [0.05, 0.1) is 24.3 Å². The molecule has 0 aliphatic rings. The van der Waals surface area contributed by atoms with Crippen LogP contribution in [0.1, 0.15) is 37.8 Å². The molecule has 0 saturated heterocycles. The highest BCUT2D eigenvalue weighted by molar-refractivity contribution is 5.04. The molecule has 4 heteroatoms. The minimum absolute atomic E-state index is 0.218. The molecule has 0 bridgehead atoms. The summed E-state index contributed by atoms with van der Waals surface area (Å²) in [5, 5.41) is 3.43. The Morgan fingerprint density at radius 2 is 2.41 bits per heavy atom. The Bertz CT molecular complexity index is 433. The summed E-state index contributed by atoms with van der Waals surface area (Å²) in [4.78, 5) is 4.18. The molecule has 1 atom stereocenters. The molecule has 0 spiro atoms. The van der Waals surface area contributed by atoms with Crippen molar-refractivity contribution in [3.63, 3.8) is 0 Å². The van der Waals surface area contributed by atoms with Gasteiger partial charge in [-0.2, -0.15) is 0 Å². The minimum atomic E-state index is 0.218. The van der Waals surface area contributed by atoms with Gasteiger partial charge in [0.1, 0.15) is 5.76 Å². The van der Waals surface area contributed by atoms with Crippen molar-refractivity contribution in [3.8, 4) is 0 Å². The van der Waals surface area contributed by atoms with Crippen LogP contribution in [0.15, 0.2) is 35.3 Å². The lowest BCUT2D eigenvalue weighted by atomic mass is 10.2. The maximum absolute atomic E-state index is 5.36. The fraction of sp³-hybridized carbons (Fsp3) is 0.462. The molecule has 1 unspecified atom stereocenters. The Balaban J connectivity index is 1.91. The van der Waals surface area contributed by atoms with Gasteiger partial charge in [-0.3, -0.25) is 0 Å². The predicted molar refractivity (Wildman–Crippen MR) is 66.5 cm³/mol. The van der Waals surface area contributed by atoms with E-state index in [0.29, 0.717) is 0 Å². The maximum Gasteiger partial charge on any atom is 0.120 e. The van der Waals surface area contributed by atoms with E-state index in [-0.39, 0.29) is 6.04 Å². The first-order valence-electron chi connectivity index (χ1n) is 6.07. The average molecular weight is 233 g/mol. The van der Waals surface area contributed by atoms with Gasteiger partial charge in [-0.15, -0.1) is 0 Å². The van der Waals surface area contributed by atoms with Crippen molar-refractivity contribution in [2.75, 3.05) is 0 Å². The summed E-state index contributed by atoms with van der Waals surface area (Å²) in [5.41, 5.74) is 1.21. The molecular formula is C13H19N3O. The molecule has 17 heavy (non-hydrogen) atoms. The Morgan fingerprint density at radius 3 is 3.12 bits per heavy atom. The second-order valence-electron chi connectivity index (χ2n) is 4.20. The topological polar surface area (TPSA) is 43.0 Å². The van der Waals surface area contributed by atoms with Crippen LogP contribution in [0.4, 0.5) is 0 Å². The predicted octanol–water partition coefficient (Wildman–Crippen LogP) is 2.74. The lowest BCUT2D eigenvalue weighted by molar-refractivity contribution is 0.425. The lowest BCUT2D eigenvalue weighted by Gasteiger charge is -2.12. The molecule has 0 amide bonds. The van der Waals surface area contributed by atoms with Gasteiger partial charge in [-0.25, -0.2) is 4.98 Å². The molecule has 0 radical (unpaired) electrons. The van der Waals surface area contributed by atoms with Gasteiger partial charge < -0.3 is 14.3 Å². The molecule has 2 aromatic rings. The Kier molecular flexibility index (Phi) is 3.98. The molecule has 2 heterocycles. The third-order valence-corrected chi connectivity index (χ3v) is 2.82. The molecule has 2 aromatic heterocycles. The number of rotatable bonds is 6. The summed E-state index contributed by atoms with van der Waals surface area (Å²) in [6.07, 6.45) is 6.63. The smallest absolute Gasteiger partial charge is 0.120 e.